The average molecular weight is 315 g/mol. The van der Waals surface area contributed by atoms with Gasteiger partial charge in [0.05, 0.1) is 12.3 Å². The number of rotatable bonds is 7. The summed E-state index contributed by atoms with van der Waals surface area (Å²) < 4.78 is 31.8. The molecule has 0 fully saturated rings. The Hall–Kier alpha value is -0.250. The van der Waals surface area contributed by atoms with Crippen LogP contribution in [0, 0.1) is 6.92 Å². The molecule has 6 nitrogen and oxygen atoms in total. The lowest BCUT2D eigenvalue weighted by atomic mass is 10.2. The predicted octanol–water partition coefficient (Wildman–Crippen LogP) is 0.781. The van der Waals surface area contributed by atoms with Crippen molar-refractivity contribution in [1.29, 1.82) is 0 Å². The highest BCUT2D eigenvalue weighted by Gasteiger charge is 2.24. The maximum Gasteiger partial charge on any atom is 0.252 e. The molecule has 9 heteroatoms. The Morgan fingerprint density at radius 1 is 1.61 bits per heavy atom. The van der Waals surface area contributed by atoms with Gasteiger partial charge < -0.3 is 9.84 Å². The summed E-state index contributed by atoms with van der Waals surface area (Å²) in [5.41, 5.74) is 0.359. The van der Waals surface area contributed by atoms with Gasteiger partial charge in [0.1, 0.15) is 0 Å². The zero-order valence-corrected chi connectivity index (χ0v) is 12.4. The molecule has 0 radical (unpaired) electrons. The van der Waals surface area contributed by atoms with Gasteiger partial charge in [-0.05, 0) is 13.3 Å². The number of hydrogen-bond donors (Lipinski definition) is 2. The van der Waals surface area contributed by atoms with Gasteiger partial charge in [-0.2, -0.15) is 0 Å². The van der Waals surface area contributed by atoms with E-state index in [0.29, 0.717) is 5.69 Å². The molecule has 1 aromatic rings. The number of thiazole rings is 1. The average Bonchev–Trinajstić information content (AvgIpc) is 2.59. The molecule has 2 N–H and O–H groups in total. The molecule has 18 heavy (non-hydrogen) atoms. The van der Waals surface area contributed by atoms with Crippen LogP contribution >= 0.6 is 22.9 Å². The van der Waals surface area contributed by atoms with Gasteiger partial charge in [0.15, 0.2) is 8.68 Å². The Morgan fingerprint density at radius 3 is 2.72 bits per heavy atom. The van der Waals surface area contributed by atoms with E-state index >= 15 is 0 Å². The second-order valence-corrected chi connectivity index (χ2v) is 7.12. The lowest BCUT2D eigenvalue weighted by Gasteiger charge is -2.16. The summed E-state index contributed by atoms with van der Waals surface area (Å²) in [5.74, 6) is 0. The summed E-state index contributed by atoms with van der Waals surface area (Å²) in [5, 5.41) is 8.87. The molecule has 1 heterocycles. The van der Waals surface area contributed by atoms with Gasteiger partial charge in [0, 0.05) is 19.8 Å². The number of aliphatic hydroxyl groups is 1. The van der Waals surface area contributed by atoms with Gasteiger partial charge in [-0.25, -0.2) is 18.1 Å². The van der Waals surface area contributed by atoms with E-state index in [1.165, 1.54) is 7.11 Å². The largest absolute Gasteiger partial charge is 0.396 e. The van der Waals surface area contributed by atoms with Gasteiger partial charge in [-0.1, -0.05) is 22.9 Å². The third-order valence-electron chi connectivity index (χ3n) is 2.14. The first-order valence-electron chi connectivity index (χ1n) is 5.15. The van der Waals surface area contributed by atoms with E-state index in [-0.39, 0.29) is 28.3 Å². The van der Waals surface area contributed by atoms with E-state index in [4.69, 9.17) is 21.4 Å². The van der Waals surface area contributed by atoms with E-state index in [2.05, 4.69) is 9.71 Å². The third-order valence-corrected chi connectivity index (χ3v) is 5.53. The van der Waals surface area contributed by atoms with Crippen LogP contribution in [0.3, 0.4) is 0 Å². The Morgan fingerprint density at radius 2 is 2.28 bits per heavy atom. The fraction of sp³-hybridized carbons (Fsp3) is 0.667. The molecule has 0 aliphatic carbocycles. The summed E-state index contributed by atoms with van der Waals surface area (Å²) in [7, 11) is -2.22. The summed E-state index contributed by atoms with van der Waals surface area (Å²) >= 11 is 6.58. The third kappa shape index (κ3) is 4.15. The van der Waals surface area contributed by atoms with E-state index in [1.807, 2.05) is 0 Å². The highest BCUT2D eigenvalue weighted by atomic mass is 35.5. The Labute approximate surface area is 115 Å². The lowest BCUT2D eigenvalue weighted by molar-refractivity contribution is 0.158. The first-order chi connectivity index (χ1) is 8.40. The minimum absolute atomic E-state index is 0.0894. The van der Waals surface area contributed by atoms with E-state index in [0.717, 1.165) is 11.3 Å². The smallest absolute Gasteiger partial charge is 0.252 e. The van der Waals surface area contributed by atoms with Gasteiger partial charge in [-0.3, -0.25) is 0 Å². The number of nitrogens with zero attached hydrogens (tertiary/aromatic N) is 1. The van der Waals surface area contributed by atoms with Crippen LogP contribution in [-0.4, -0.2) is 44.9 Å². The predicted molar refractivity (Wildman–Crippen MR) is 69.5 cm³/mol. The first kappa shape index (κ1) is 15.8. The minimum atomic E-state index is -3.68. The number of aliphatic hydroxyl groups excluding tert-OH is 1. The number of aromatic nitrogens is 1. The number of ether oxygens (including phenoxy) is 1. The fourth-order valence-electron chi connectivity index (χ4n) is 1.41. The van der Waals surface area contributed by atoms with Crippen molar-refractivity contribution in [3.63, 3.8) is 0 Å². The van der Waals surface area contributed by atoms with Crippen molar-refractivity contribution >= 4 is 33.0 Å². The van der Waals surface area contributed by atoms with Crippen LogP contribution in [0.4, 0.5) is 0 Å². The van der Waals surface area contributed by atoms with E-state index < -0.39 is 16.1 Å². The fourth-order valence-corrected chi connectivity index (χ4v) is 4.42. The molecule has 1 aromatic heterocycles. The van der Waals surface area contributed by atoms with Crippen LogP contribution < -0.4 is 4.72 Å². The molecule has 0 amide bonds. The first-order valence-corrected chi connectivity index (χ1v) is 7.83. The zero-order chi connectivity index (χ0) is 13.8. The molecule has 0 saturated carbocycles. The molecule has 104 valence electrons. The van der Waals surface area contributed by atoms with Crippen LogP contribution in [-0.2, 0) is 14.8 Å². The second-order valence-electron chi connectivity index (χ2n) is 3.63. The van der Waals surface area contributed by atoms with Gasteiger partial charge >= 0.3 is 0 Å². The van der Waals surface area contributed by atoms with Gasteiger partial charge in [-0.15, -0.1) is 0 Å². The molecule has 1 unspecified atom stereocenters. The number of methoxy groups -OCH3 is 1. The highest BCUT2D eigenvalue weighted by molar-refractivity contribution is 7.91. The van der Waals surface area contributed by atoms with Gasteiger partial charge in [0.2, 0.25) is 0 Å². The van der Waals surface area contributed by atoms with Gasteiger partial charge in [0.25, 0.3) is 10.0 Å². The van der Waals surface area contributed by atoms with Crippen LogP contribution in [0.1, 0.15) is 12.1 Å². The van der Waals surface area contributed by atoms with Crippen molar-refractivity contribution in [3.05, 3.63) is 10.2 Å². The molecular weight excluding hydrogens is 300 g/mol. The number of nitrogens with one attached hydrogen (secondary N) is 1. The summed E-state index contributed by atoms with van der Waals surface area (Å²) in [6, 6.07) is -0.481. The minimum Gasteiger partial charge on any atom is -0.396 e. The quantitative estimate of drug-likeness (QED) is 0.776. The van der Waals surface area contributed by atoms with Crippen molar-refractivity contribution in [1.82, 2.24) is 9.71 Å². The van der Waals surface area contributed by atoms with E-state index in [9.17, 15) is 8.42 Å². The SMILES string of the molecule is COCC(CCO)NS(=O)(=O)c1sc(Cl)nc1C. The molecule has 0 bridgehead atoms. The number of sulfonamides is 1. The number of hydrogen-bond acceptors (Lipinski definition) is 6. The summed E-state index contributed by atoms with van der Waals surface area (Å²) in [4.78, 5) is 3.86. The number of aryl methyl sites for hydroxylation is 1. The Balaban J connectivity index is 2.89. The van der Waals surface area contributed by atoms with Crippen LogP contribution in [0.5, 0.6) is 0 Å². The van der Waals surface area contributed by atoms with Crippen LogP contribution in [0.25, 0.3) is 0 Å². The lowest BCUT2D eigenvalue weighted by Crippen LogP contribution is -2.38. The molecule has 1 rings (SSSR count). The normalized spacial score (nSPS) is 13.8. The maximum atomic E-state index is 12.1. The summed E-state index contributed by atoms with van der Waals surface area (Å²) in [6.07, 6.45) is 0.276. The van der Waals surface area contributed by atoms with Crippen molar-refractivity contribution in [2.75, 3.05) is 20.3 Å². The van der Waals surface area contributed by atoms with E-state index in [1.54, 1.807) is 6.92 Å². The second kappa shape index (κ2) is 6.78. The molecule has 0 aliphatic rings. The van der Waals surface area contributed by atoms with Crippen molar-refractivity contribution in [2.24, 2.45) is 0 Å². The molecule has 0 saturated heterocycles. The molecule has 0 aliphatic heterocycles. The topological polar surface area (TPSA) is 88.5 Å². The molecule has 1 atom stereocenters. The highest BCUT2D eigenvalue weighted by Crippen LogP contribution is 2.26. The van der Waals surface area contributed by atoms with Crippen molar-refractivity contribution in [3.8, 4) is 0 Å². The number of halogens is 1. The Bertz CT molecular complexity index is 483. The van der Waals surface area contributed by atoms with Crippen LogP contribution in [0.15, 0.2) is 4.21 Å². The van der Waals surface area contributed by atoms with Crippen LogP contribution in [0.2, 0.25) is 4.47 Å². The molecule has 0 aromatic carbocycles. The Kier molecular flexibility index (Phi) is 5.96. The standard InChI is InChI=1S/C9H15ClN2O4S2/c1-6-8(17-9(10)11-6)18(14,15)12-7(3-4-13)5-16-2/h7,12-13H,3-5H2,1-2H3. The van der Waals surface area contributed by atoms with Crippen molar-refractivity contribution < 1.29 is 18.3 Å². The molecular formula is C9H15ClN2O4S2. The maximum absolute atomic E-state index is 12.1. The van der Waals surface area contributed by atoms with Crippen molar-refractivity contribution in [2.45, 2.75) is 23.6 Å². The summed E-state index contributed by atoms with van der Waals surface area (Å²) in [6.45, 7) is 1.64. The monoisotopic (exact) mass is 314 g/mol. The molecule has 0 spiro atoms. The zero-order valence-electron chi connectivity index (χ0n) is 10.0.